The van der Waals surface area contributed by atoms with E-state index < -0.39 is 5.97 Å². The Morgan fingerprint density at radius 2 is 1.51 bits per heavy atom. The molecule has 3 aliphatic rings. The number of anilines is 2. The molecule has 0 amide bonds. The number of para-hydroxylation sites is 1. The van der Waals surface area contributed by atoms with Crippen molar-refractivity contribution >= 4 is 50.9 Å². The SMILES string of the molecule is CN(C)c1ccc2c(-c3ccc(C(=O)CCCOCCOCC(=O)Cc4ccc(-c5nc(NC6Cc7ccccc7C6)c6ccccc6n5)cc4)cc3C(=O)O)c3ccc(=[N+](C)C)cc-3oc2c1. The number of fused-ring (bicyclic) bond motifs is 4. The molecule has 0 spiro atoms. The van der Waals surface area contributed by atoms with Gasteiger partial charge in [0.05, 0.1) is 30.4 Å². The summed E-state index contributed by atoms with van der Waals surface area (Å²) in [6.45, 7) is 0.758. The lowest BCUT2D eigenvalue weighted by atomic mass is 9.89. The van der Waals surface area contributed by atoms with Crippen LogP contribution >= 0.6 is 0 Å². The number of carbonyl (C=O) groups excluding carboxylic acids is 2. The summed E-state index contributed by atoms with van der Waals surface area (Å²) in [7, 11) is 7.80. The molecule has 9 rings (SSSR count). The molecule has 0 saturated carbocycles. The Kier molecular flexibility index (Phi) is 13.5. The van der Waals surface area contributed by atoms with E-state index in [4.69, 9.17) is 23.9 Å². The van der Waals surface area contributed by atoms with Crippen LogP contribution in [0.2, 0.25) is 0 Å². The van der Waals surface area contributed by atoms with Gasteiger partial charge in [-0.15, -0.1) is 0 Å². The molecule has 0 saturated heterocycles. The van der Waals surface area contributed by atoms with Crippen molar-refractivity contribution in [1.29, 1.82) is 0 Å². The molecule has 344 valence electrons. The Hall–Kier alpha value is -7.54. The highest BCUT2D eigenvalue weighted by molar-refractivity contribution is 6.09. The quantitative estimate of drug-likeness (QED) is 0.0368. The fourth-order valence-electron chi connectivity index (χ4n) is 8.93. The number of rotatable bonds is 18. The first-order chi connectivity index (χ1) is 33.0. The third-order valence-corrected chi connectivity index (χ3v) is 12.5. The van der Waals surface area contributed by atoms with Crippen molar-refractivity contribution in [3.63, 3.8) is 0 Å². The second-order valence-corrected chi connectivity index (χ2v) is 17.7. The molecule has 2 aliphatic carbocycles. The molecule has 0 fully saturated rings. The van der Waals surface area contributed by atoms with Crippen molar-refractivity contribution in [2.75, 3.05) is 64.8 Å². The van der Waals surface area contributed by atoms with Crippen LogP contribution in [0.5, 0.6) is 0 Å². The molecule has 12 nitrogen and oxygen atoms in total. The van der Waals surface area contributed by atoms with Crippen LogP contribution < -0.4 is 20.1 Å². The van der Waals surface area contributed by atoms with Gasteiger partial charge < -0.3 is 29.2 Å². The molecule has 0 radical (unpaired) electrons. The molecule has 1 aliphatic heterocycles. The van der Waals surface area contributed by atoms with Crippen molar-refractivity contribution < 1.29 is 33.4 Å². The predicted molar refractivity (Wildman–Crippen MR) is 267 cm³/mol. The Balaban J connectivity index is 0.752. The Morgan fingerprint density at radius 1 is 0.779 bits per heavy atom. The lowest BCUT2D eigenvalue weighted by Gasteiger charge is -2.19. The highest BCUT2D eigenvalue weighted by Crippen LogP contribution is 2.42. The number of carboxylic acid groups (broad SMARTS) is 1. The number of benzene rings is 6. The van der Waals surface area contributed by atoms with E-state index in [1.54, 1.807) is 12.1 Å². The summed E-state index contributed by atoms with van der Waals surface area (Å²) in [4.78, 5) is 50.8. The summed E-state index contributed by atoms with van der Waals surface area (Å²) in [6.07, 6.45) is 2.74. The summed E-state index contributed by atoms with van der Waals surface area (Å²) < 4.78 is 19.7. The molecule has 0 atom stereocenters. The summed E-state index contributed by atoms with van der Waals surface area (Å²) in [5.41, 5.74) is 9.23. The highest BCUT2D eigenvalue weighted by atomic mass is 16.5. The summed E-state index contributed by atoms with van der Waals surface area (Å²) in [5.74, 6) is 0.687. The van der Waals surface area contributed by atoms with Gasteiger partial charge in [0.1, 0.15) is 37.9 Å². The van der Waals surface area contributed by atoms with E-state index in [2.05, 4.69) is 29.6 Å². The Morgan fingerprint density at radius 3 is 2.26 bits per heavy atom. The first-order valence-electron chi connectivity index (χ1n) is 22.9. The maximum Gasteiger partial charge on any atom is 0.336 e. The zero-order valence-corrected chi connectivity index (χ0v) is 38.8. The third kappa shape index (κ3) is 10.1. The lowest BCUT2D eigenvalue weighted by molar-refractivity contribution is -0.123. The summed E-state index contributed by atoms with van der Waals surface area (Å²) in [5, 5.41) is 16.9. The number of ketones is 2. The van der Waals surface area contributed by atoms with Crippen LogP contribution in [-0.4, -0.2) is 93.3 Å². The minimum Gasteiger partial charge on any atom is -0.478 e. The van der Waals surface area contributed by atoms with E-state index in [0.717, 1.165) is 68.2 Å². The molecule has 6 aromatic rings. The fourth-order valence-corrected chi connectivity index (χ4v) is 8.93. The van der Waals surface area contributed by atoms with Gasteiger partial charge in [0.25, 0.3) is 0 Å². The number of nitrogens with zero attached hydrogens (tertiary/aromatic N) is 4. The molecule has 1 aromatic heterocycles. The number of aromatic nitrogens is 2. The molecule has 0 bridgehead atoms. The van der Waals surface area contributed by atoms with Gasteiger partial charge in [-0.1, -0.05) is 72.8 Å². The molecular formula is C56H54N5O7+. The Bertz CT molecular complexity index is 3200. The van der Waals surface area contributed by atoms with E-state index in [1.807, 2.05) is 123 Å². The van der Waals surface area contributed by atoms with Crippen LogP contribution in [-0.2, 0) is 33.5 Å². The minimum absolute atomic E-state index is 0.0295. The van der Waals surface area contributed by atoms with Crippen molar-refractivity contribution in [2.24, 2.45) is 0 Å². The van der Waals surface area contributed by atoms with E-state index >= 15 is 0 Å². The van der Waals surface area contributed by atoms with E-state index in [9.17, 15) is 19.5 Å². The minimum atomic E-state index is -1.13. The van der Waals surface area contributed by atoms with Crippen molar-refractivity contribution in [3.8, 4) is 33.8 Å². The number of hydrogen-bond acceptors (Lipinski definition) is 10. The number of Topliss-reactive ketones (excluding diaryl/α,β-unsaturated/α-hetero) is 2. The highest BCUT2D eigenvalue weighted by Gasteiger charge is 2.25. The molecule has 2 heterocycles. The van der Waals surface area contributed by atoms with E-state index in [1.165, 1.54) is 17.2 Å². The number of carbonyl (C=O) groups is 3. The van der Waals surface area contributed by atoms with Crippen LogP contribution in [0.4, 0.5) is 11.5 Å². The van der Waals surface area contributed by atoms with Gasteiger partial charge in [0.15, 0.2) is 17.4 Å². The normalized spacial score (nSPS) is 12.4. The average molecular weight is 909 g/mol. The summed E-state index contributed by atoms with van der Waals surface area (Å²) in [6, 6.07) is 41.2. The Labute approximate surface area is 394 Å². The molecule has 68 heavy (non-hydrogen) atoms. The maximum atomic E-state index is 13.4. The number of nitrogens with one attached hydrogen (secondary N) is 1. The van der Waals surface area contributed by atoms with Gasteiger partial charge in [-0.3, -0.25) is 9.59 Å². The standard InChI is InChI=1S/C56H53N5O7/c1-60(2)41-20-23-46-51(32-41)68-52-33-42(61(3)4)21-24-47(52)53(46)44-22-19-39(31-48(44)56(64)65)50(63)14-9-25-66-26-27-67-34-43(62)28-35-15-17-36(18-16-35)54-58-49-13-8-7-12-45(49)55(59-54)57-40-29-37-10-5-6-11-38(37)30-40/h5-8,10-13,15-24,31-33,40H,9,14,25-30,34H2,1-4H3,(H-,57,58,59,64,65)/p+1. The first kappa shape index (κ1) is 45.6. The average Bonchev–Trinajstić information content (AvgIpc) is 3.76. The van der Waals surface area contributed by atoms with Gasteiger partial charge in [-0.05, 0) is 77.9 Å². The van der Waals surface area contributed by atoms with E-state index in [-0.39, 0.29) is 55.8 Å². The number of ether oxygens (including phenoxy) is 2. The van der Waals surface area contributed by atoms with E-state index in [0.29, 0.717) is 41.3 Å². The second-order valence-electron chi connectivity index (χ2n) is 17.7. The van der Waals surface area contributed by atoms with Crippen LogP contribution in [0.25, 0.3) is 55.7 Å². The number of aromatic carboxylic acids is 1. The lowest BCUT2D eigenvalue weighted by Crippen LogP contribution is -2.21. The van der Waals surface area contributed by atoms with Gasteiger partial charge in [-0.2, -0.15) is 0 Å². The molecular weight excluding hydrogens is 855 g/mol. The van der Waals surface area contributed by atoms with Crippen LogP contribution in [0, 0.1) is 0 Å². The number of hydrogen-bond donors (Lipinski definition) is 2. The van der Waals surface area contributed by atoms with Crippen LogP contribution in [0.1, 0.15) is 50.2 Å². The fraction of sp³-hybridized carbons (Fsp3) is 0.250. The molecule has 5 aromatic carbocycles. The van der Waals surface area contributed by atoms with Crippen molar-refractivity contribution in [2.45, 2.75) is 38.1 Å². The third-order valence-electron chi connectivity index (χ3n) is 12.5. The largest absolute Gasteiger partial charge is 0.478 e. The zero-order chi connectivity index (χ0) is 47.3. The molecule has 0 unspecified atom stereocenters. The maximum absolute atomic E-state index is 13.4. The topological polar surface area (TPSA) is 147 Å². The van der Waals surface area contributed by atoms with Gasteiger partial charge >= 0.3 is 5.97 Å². The smallest absolute Gasteiger partial charge is 0.336 e. The number of carboxylic acids is 1. The van der Waals surface area contributed by atoms with Gasteiger partial charge in [0.2, 0.25) is 5.36 Å². The predicted octanol–water partition coefficient (Wildman–Crippen LogP) is 9.00. The van der Waals surface area contributed by atoms with Crippen molar-refractivity contribution in [1.82, 2.24) is 14.5 Å². The van der Waals surface area contributed by atoms with Crippen molar-refractivity contribution in [3.05, 3.63) is 161 Å². The van der Waals surface area contributed by atoms with Gasteiger partial charge in [0, 0.05) is 90.4 Å². The van der Waals surface area contributed by atoms with Gasteiger partial charge in [-0.25, -0.2) is 19.3 Å². The molecule has 12 heteroatoms. The first-order valence-corrected chi connectivity index (χ1v) is 22.9. The second kappa shape index (κ2) is 20.1. The van der Waals surface area contributed by atoms with Crippen LogP contribution in [0.3, 0.4) is 0 Å². The van der Waals surface area contributed by atoms with Crippen LogP contribution in [0.15, 0.2) is 132 Å². The monoisotopic (exact) mass is 908 g/mol. The summed E-state index contributed by atoms with van der Waals surface area (Å²) >= 11 is 0. The molecule has 2 N–H and O–H groups in total. The zero-order valence-electron chi connectivity index (χ0n) is 38.8.